The highest BCUT2D eigenvalue weighted by Gasteiger charge is 2.43. The zero-order chi connectivity index (χ0) is 20.8. The minimum Gasteiger partial charge on any atom is -0.349 e. The molecule has 0 radical (unpaired) electrons. The molecule has 0 bridgehead atoms. The van der Waals surface area contributed by atoms with Crippen molar-refractivity contribution < 1.29 is 18.1 Å². The first-order chi connectivity index (χ1) is 13.8. The molecule has 5 nitrogen and oxygen atoms in total. The summed E-state index contributed by atoms with van der Waals surface area (Å²) >= 11 is 0. The quantitative estimate of drug-likeness (QED) is 0.699. The van der Waals surface area contributed by atoms with Crippen molar-refractivity contribution in [3.8, 4) is 11.5 Å². The number of nitrogens with zero attached hydrogens (tertiary/aromatic N) is 2. The Bertz CT molecular complexity index is 1050. The molecule has 0 saturated heterocycles. The third-order valence-electron chi connectivity index (χ3n) is 4.98. The number of benzene rings is 2. The van der Waals surface area contributed by atoms with Crippen molar-refractivity contribution in [3.63, 3.8) is 0 Å². The lowest BCUT2D eigenvalue weighted by Crippen LogP contribution is -2.27. The molecule has 1 aliphatic carbocycles. The largest absolute Gasteiger partial charge is 0.349 e. The lowest BCUT2D eigenvalue weighted by molar-refractivity contribution is 0.0950. The van der Waals surface area contributed by atoms with Gasteiger partial charge in [0.15, 0.2) is 5.82 Å². The van der Waals surface area contributed by atoms with Crippen LogP contribution >= 0.6 is 0 Å². The van der Waals surface area contributed by atoms with Crippen molar-refractivity contribution in [2.45, 2.75) is 44.6 Å². The van der Waals surface area contributed by atoms with Gasteiger partial charge in [-0.05, 0) is 30.7 Å². The van der Waals surface area contributed by atoms with Crippen LogP contribution in [-0.4, -0.2) is 22.1 Å². The van der Waals surface area contributed by atoms with Gasteiger partial charge in [-0.2, -0.15) is 4.98 Å². The molecule has 0 aliphatic heterocycles. The molecule has 29 heavy (non-hydrogen) atoms. The molecule has 1 N–H and O–H groups in total. The Morgan fingerprint density at radius 3 is 2.45 bits per heavy atom. The van der Waals surface area contributed by atoms with Crippen LogP contribution in [0, 0.1) is 11.6 Å². The minimum absolute atomic E-state index is 0.0257. The summed E-state index contributed by atoms with van der Waals surface area (Å²) in [5.74, 6) is -1.10. The summed E-state index contributed by atoms with van der Waals surface area (Å²) in [6.45, 7) is 5.90. The summed E-state index contributed by atoms with van der Waals surface area (Å²) in [6, 6.07) is 10.4. The Balaban J connectivity index is 1.55. The van der Waals surface area contributed by atoms with Crippen LogP contribution in [0.15, 0.2) is 47.0 Å². The predicted octanol–water partition coefficient (Wildman–Crippen LogP) is 4.60. The van der Waals surface area contributed by atoms with Crippen molar-refractivity contribution in [1.29, 1.82) is 0 Å². The maximum absolute atomic E-state index is 14.0. The van der Waals surface area contributed by atoms with E-state index in [9.17, 15) is 13.6 Å². The van der Waals surface area contributed by atoms with E-state index < -0.39 is 11.6 Å². The second kappa shape index (κ2) is 7.06. The summed E-state index contributed by atoms with van der Waals surface area (Å²) in [5.41, 5.74) is 0.626. The molecule has 1 fully saturated rings. The van der Waals surface area contributed by atoms with Crippen molar-refractivity contribution >= 4 is 5.91 Å². The summed E-state index contributed by atoms with van der Waals surface area (Å²) in [7, 11) is 0. The zero-order valence-corrected chi connectivity index (χ0v) is 16.4. The number of carbonyl (C=O) groups excluding carboxylic acids is 1. The predicted molar refractivity (Wildman–Crippen MR) is 103 cm³/mol. The smallest absolute Gasteiger partial charge is 0.258 e. The van der Waals surface area contributed by atoms with Crippen molar-refractivity contribution in [3.05, 3.63) is 71.1 Å². The molecule has 1 amide bonds. The first-order valence-corrected chi connectivity index (χ1v) is 9.44. The van der Waals surface area contributed by atoms with E-state index >= 15 is 0 Å². The lowest BCUT2D eigenvalue weighted by atomic mass is 9.96. The molecule has 150 valence electrons. The van der Waals surface area contributed by atoms with Gasteiger partial charge in [0.25, 0.3) is 11.8 Å². The molecule has 4 rings (SSSR count). The highest BCUT2D eigenvalue weighted by molar-refractivity contribution is 6.00. The number of carbonyl (C=O) groups is 1. The number of amides is 1. The Kier molecular flexibility index (Phi) is 4.68. The molecule has 7 heteroatoms. The number of aromatic nitrogens is 2. The van der Waals surface area contributed by atoms with Crippen LogP contribution in [0.1, 0.15) is 54.9 Å². The monoisotopic (exact) mass is 397 g/mol. The molecule has 3 aromatic rings. The number of nitrogens with one attached hydrogen (secondary N) is 1. The summed E-state index contributed by atoms with van der Waals surface area (Å²) in [5, 5.41) is 6.87. The maximum atomic E-state index is 14.0. The SMILES string of the molecule is CC(C)(C)c1noc(-c2ccccc2C(=O)N[C@@H]2C[C@H]2c2c(F)cccc2F)n1. The molecule has 0 spiro atoms. The van der Waals surface area contributed by atoms with Gasteiger partial charge >= 0.3 is 0 Å². The second-order valence-corrected chi connectivity index (χ2v) is 8.28. The van der Waals surface area contributed by atoms with Crippen LogP contribution < -0.4 is 5.32 Å². The van der Waals surface area contributed by atoms with Crippen molar-refractivity contribution in [2.24, 2.45) is 0 Å². The average molecular weight is 397 g/mol. The van der Waals surface area contributed by atoms with E-state index in [1.54, 1.807) is 24.3 Å². The van der Waals surface area contributed by atoms with Gasteiger partial charge < -0.3 is 9.84 Å². The third kappa shape index (κ3) is 3.77. The molecule has 1 saturated carbocycles. The number of rotatable bonds is 4. The van der Waals surface area contributed by atoms with E-state index in [1.807, 2.05) is 20.8 Å². The van der Waals surface area contributed by atoms with Crippen molar-refractivity contribution in [1.82, 2.24) is 15.5 Å². The fourth-order valence-corrected chi connectivity index (χ4v) is 3.29. The first-order valence-electron chi connectivity index (χ1n) is 9.44. The van der Waals surface area contributed by atoms with E-state index in [0.717, 1.165) is 0 Å². The molecular formula is C22H21F2N3O2. The Hall–Kier alpha value is -3.09. The van der Waals surface area contributed by atoms with Gasteiger partial charge in [0.1, 0.15) is 11.6 Å². The number of hydrogen-bond donors (Lipinski definition) is 1. The highest BCUT2D eigenvalue weighted by Crippen LogP contribution is 2.43. The van der Waals surface area contributed by atoms with Gasteiger partial charge in [0, 0.05) is 22.9 Å². The molecule has 0 unspecified atom stereocenters. The second-order valence-electron chi connectivity index (χ2n) is 8.28. The lowest BCUT2D eigenvalue weighted by Gasteiger charge is -2.11. The molecule has 1 aromatic heterocycles. The normalized spacial score (nSPS) is 18.5. The molecule has 1 heterocycles. The van der Waals surface area contributed by atoms with Gasteiger partial charge in [0.05, 0.1) is 11.1 Å². The fraction of sp³-hybridized carbons (Fsp3) is 0.318. The standard InChI is InChI=1S/C22H21F2N3O2/c1-22(2,3)21-26-20(29-27-21)13-8-5-4-7-12(13)19(28)25-17-11-14(17)18-15(23)9-6-10-16(18)24/h4-10,14,17H,11H2,1-3H3,(H,25,28)/t14-,17-/m1/s1. The van der Waals surface area contributed by atoms with E-state index in [4.69, 9.17) is 4.52 Å². The number of hydrogen-bond acceptors (Lipinski definition) is 4. The van der Waals surface area contributed by atoms with Gasteiger partial charge in [0.2, 0.25) is 0 Å². The molecule has 1 aliphatic rings. The zero-order valence-electron chi connectivity index (χ0n) is 16.4. The van der Waals surface area contributed by atoms with Crippen molar-refractivity contribution in [2.75, 3.05) is 0 Å². The first kappa shape index (κ1) is 19.2. The summed E-state index contributed by atoms with van der Waals surface area (Å²) < 4.78 is 33.3. The van der Waals surface area contributed by atoms with Crippen LogP contribution in [-0.2, 0) is 5.41 Å². The van der Waals surface area contributed by atoms with Gasteiger partial charge in [-0.3, -0.25) is 4.79 Å². The van der Waals surface area contributed by atoms with Crippen LogP contribution in [0.4, 0.5) is 8.78 Å². The van der Waals surface area contributed by atoms with Crippen LogP contribution in [0.5, 0.6) is 0 Å². The van der Waals surface area contributed by atoms with Crippen LogP contribution in [0.2, 0.25) is 0 Å². The number of halogens is 2. The van der Waals surface area contributed by atoms with E-state index in [2.05, 4.69) is 15.5 Å². The molecular weight excluding hydrogens is 376 g/mol. The summed E-state index contributed by atoms with van der Waals surface area (Å²) in [4.78, 5) is 17.3. The summed E-state index contributed by atoms with van der Waals surface area (Å²) in [6.07, 6.45) is 0.487. The Labute approximate surface area is 167 Å². The Morgan fingerprint density at radius 2 is 1.79 bits per heavy atom. The van der Waals surface area contributed by atoms with E-state index in [-0.39, 0.29) is 34.7 Å². The molecule has 2 aromatic carbocycles. The third-order valence-corrected chi connectivity index (χ3v) is 4.98. The van der Waals surface area contributed by atoms with Crippen LogP contribution in [0.3, 0.4) is 0 Å². The van der Waals surface area contributed by atoms with Gasteiger partial charge in [-0.25, -0.2) is 8.78 Å². The van der Waals surface area contributed by atoms with Gasteiger partial charge in [-0.1, -0.05) is 44.1 Å². The van der Waals surface area contributed by atoms with Crippen LogP contribution in [0.25, 0.3) is 11.5 Å². The minimum atomic E-state index is -0.590. The maximum Gasteiger partial charge on any atom is 0.258 e. The highest BCUT2D eigenvalue weighted by atomic mass is 19.1. The molecule has 2 atom stereocenters. The Morgan fingerprint density at radius 1 is 1.10 bits per heavy atom. The average Bonchev–Trinajstić information content (AvgIpc) is 3.20. The van der Waals surface area contributed by atoms with E-state index in [1.165, 1.54) is 18.2 Å². The topological polar surface area (TPSA) is 68.0 Å². The van der Waals surface area contributed by atoms with E-state index in [0.29, 0.717) is 23.4 Å². The fourth-order valence-electron chi connectivity index (χ4n) is 3.29. The van der Waals surface area contributed by atoms with Gasteiger partial charge in [-0.15, -0.1) is 0 Å².